The Morgan fingerprint density at radius 1 is 1.75 bits per heavy atom. The summed E-state index contributed by atoms with van der Waals surface area (Å²) in [6.07, 6.45) is 5.08. The highest BCUT2D eigenvalue weighted by molar-refractivity contribution is 7.94. The average molecular weight is 130 g/mol. The molecule has 0 aliphatic heterocycles. The molecule has 0 aromatic carbocycles. The van der Waals surface area contributed by atoms with Crippen LogP contribution in [-0.4, -0.2) is 15.6 Å². The zero-order chi connectivity index (χ0) is 6.24. The van der Waals surface area contributed by atoms with Gasteiger partial charge in [-0.05, 0) is 0 Å². The van der Waals surface area contributed by atoms with E-state index < -0.39 is 0 Å². The SMILES string of the molecule is O=CS.c1c[nH]cn1. The Balaban J connectivity index is 0.000000145. The Bertz CT molecular complexity index is 100. The van der Waals surface area contributed by atoms with E-state index in [2.05, 4.69) is 22.6 Å². The Hall–Kier alpha value is -0.770. The number of thiol groups is 1. The molecule has 8 heavy (non-hydrogen) atoms. The zero-order valence-corrected chi connectivity index (χ0v) is 5.01. The molecule has 0 bridgehead atoms. The second-order valence-corrected chi connectivity index (χ2v) is 1.08. The van der Waals surface area contributed by atoms with Crippen molar-refractivity contribution in [3.63, 3.8) is 0 Å². The summed E-state index contributed by atoms with van der Waals surface area (Å²) < 4.78 is 0. The second kappa shape index (κ2) is 6.23. The second-order valence-electron chi connectivity index (χ2n) is 0.866. The lowest BCUT2D eigenvalue weighted by Crippen LogP contribution is -1.44. The Morgan fingerprint density at radius 2 is 2.38 bits per heavy atom. The largest absolute Gasteiger partial charge is 0.351 e. The summed E-state index contributed by atoms with van der Waals surface area (Å²) in [6, 6.07) is 0. The summed E-state index contributed by atoms with van der Waals surface area (Å²) in [7, 11) is 0. The average Bonchev–Trinajstić information content (AvgIpc) is 2.17. The molecule has 0 aliphatic rings. The normalized spacial score (nSPS) is 6.62. The third-order valence-corrected chi connectivity index (χ3v) is 0.406. The highest BCUT2D eigenvalue weighted by Gasteiger charge is 1.56. The van der Waals surface area contributed by atoms with Gasteiger partial charge in [-0.25, -0.2) is 4.98 Å². The summed E-state index contributed by atoms with van der Waals surface area (Å²) in [5.41, 5.74) is 0.444. The van der Waals surface area contributed by atoms with Gasteiger partial charge in [0.2, 0.25) is 0 Å². The van der Waals surface area contributed by atoms with Crippen LogP contribution in [0.1, 0.15) is 0 Å². The number of rotatable bonds is 0. The monoisotopic (exact) mass is 130 g/mol. The van der Waals surface area contributed by atoms with Gasteiger partial charge in [0.1, 0.15) is 0 Å². The third kappa shape index (κ3) is 5.23. The first kappa shape index (κ1) is 7.23. The van der Waals surface area contributed by atoms with E-state index in [1.54, 1.807) is 18.7 Å². The molecule has 0 fully saturated rings. The number of imidazole rings is 1. The minimum Gasteiger partial charge on any atom is -0.351 e. The van der Waals surface area contributed by atoms with Crippen molar-refractivity contribution in [3.8, 4) is 0 Å². The molecule has 4 heteroatoms. The van der Waals surface area contributed by atoms with E-state index in [1.165, 1.54) is 0 Å². The van der Waals surface area contributed by atoms with E-state index in [1.807, 2.05) is 0 Å². The number of nitrogens with one attached hydrogen (secondary N) is 1. The number of carbonyl (C=O) groups excluding carboxylic acids is 1. The number of hydrogen-bond donors (Lipinski definition) is 2. The molecule has 0 saturated carbocycles. The summed E-state index contributed by atoms with van der Waals surface area (Å²) in [5, 5.41) is 0. The van der Waals surface area contributed by atoms with Crippen molar-refractivity contribution >= 4 is 18.2 Å². The van der Waals surface area contributed by atoms with Gasteiger partial charge >= 0.3 is 0 Å². The Kier molecular flexibility index (Phi) is 5.63. The fraction of sp³-hybridized carbons (Fsp3) is 0. The molecule has 1 aromatic heterocycles. The molecule has 0 atom stereocenters. The Morgan fingerprint density at radius 3 is 2.50 bits per heavy atom. The van der Waals surface area contributed by atoms with E-state index in [-0.39, 0.29) is 0 Å². The molecule has 1 heterocycles. The maximum absolute atomic E-state index is 8.67. The molecule has 1 N–H and O–H groups in total. The van der Waals surface area contributed by atoms with Crippen LogP contribution in [0.4, 0.5) is 0 Å². The van der Waals surface area contributed by atoms with Crippen molar-refractivity contribution < 1.29 is 4.79 Å². The number of hydrogen-bond acceptors (Lipinski definition) is 2. The Labute approximate surface area is 52.5 Å². The molecule has 0 aliphatic carbocycles. The molecular weight excluding hydrogens is 124 g/mol. The molecule has 0 unspecified atom stereocenters. The number of carbonyl (C=O) groups is 1. The molecule has 3 nitrogen and oxygen atoms in total. The van der Waals surface area contributed by atoms with Crippen LogP contribution in [0.15, 0.2) is 18.7 Å². The van der Waals surface area contributed by atoms with Crippen molar-refractivity contribution in [2.45, 2.75) is 0 Å². The number of aromatic amines is 1. The minimum absolute atomic E-state index is 0.444. The van der Waals surface area contributed by atoms with E-state index in [0.29, 0.717) is 5.62 Å². The topological polar surface area (TPSA) is 45.8 Å². The van der Waals surface area contributed by atoms with Gasteiger partial charge in [-0.2, -0.15) is 0 Å². The van der Waals surface area contributed by atoms with Gasteiger partial charge in [0, 0.05) is 12.4 Å². The van der Waals surface area contributed by atoms with Crippen molar-refractivity contribution in [2.75, 3.05) is 0 Å². The fourth-order valence-electron chi connectivity index (χ4n) is 0.215. The molecule has 1 aromatic rings. The molecular formula is C4H6N2OS. The smallest absolute Gasteiger partial charge is 0.173 e. The molecule has 0 amide bonds. The predicted molar refractivity (Wildman–Crippen MR) is 34.3 cm³/mol. The van der Waals surface area contributed by atoms with Gasteiger partial charge < -0.3 is 4.98 Å². The van der Waals surface area contributed by atoms with Gasteiger partial charge in [-0.3, -0.25) is 4.79 Å². The standard InChI is InChI=1S/C3H4N2.CH2OS/c1-2-5-3-4-1;2-1-3/h1-3H,(H,4,5);1H,(H,2,3). The number of nitrogens with zero attached hydrogens (tertiary/aromatic N) is 1. The van der Waals surface area contributed by atoms with Crippen LogP contribution in [0.5, 0.6) is 0 Å². The van der Waals surface area contributed by atoms with Gasteiger partial charge in [-0.15, -0.1) is 12.6 Å². The highest BCUT2D eigenvalue weighted by atomic mass is 32.1. The third-order valence-electron chi connectivity index (χ3n) is 0.406. The molecule has 0 saturated heterocycles. The molecule has 0 radical (unpaired) electrons. The number of aromatic nitrogens is 2. The van der Waals surface area contributed by atoms with Crippen LogP contribution in [0.2, 0.25) is 0 Å². The summed E-state index contributed by atoms with van der Waals surface area (Å²) in [5.74, 6) is 0. The lowest BCUT2D eigenvalue weighted by atomic mass is 11.0. The maximum atomic E-state index is 8.67. The van der Waals surface area contributed by atoms with Crippen LogP contribution in [-0.2, 0) is 4.79 Å². The van der Waals surface area contributed by atoms with E-state index in [4.69, 9.17) is 4.79 Å². The van der Waals surface area contributed by atoms with E-state index in [9.17, 15) is 0 Å². The maximum Gasteiger partial charge on any atom is 0.173 e. The van der Waals surface area contributed by atoms with Gasteiger partial charge in [-0.1, -0.05) is 0 Å². The first-order chi connectivity index (χ1) is 3.91. The van der Waals surface area contributed by atoms with Crippen molar-refractivity contribution in [1.82, 2.24) is 9.97 Å². The molecule has 44 valence electrons. The molecule has 1 rings (SSSR count). The van der Waals surface area contributed by atoms with Gasteiger partial charge in [0.15, 0.2) is 5.62 Å². The minimum atomic E-state index is 0.444. The molecule has 0 spiro atoms. The quantitative estimate of drug-likeness (QED) is 0.397. The highest BCUT2D eigenvalue weighted by Crippen LogP contribution is 1.62. The summed E-state index contributed by atoms with van der Waals surface area (Å²) in [4.78, 5) is 15.1. The summed E-state index contributed by atoms with van der Waals surface area (Å²) in [6.45, 7) is 0. The van der Waals surface area contributed by atoms with Crippen LogP contribution in [0.25, 0.3) is 0 Å². The first-order valence-corrected chi connectivity index (χ1v) is 2.44. The van der Waals surface area contributed by atoms with Crippen molar-refractivity contribution in [2.24, 2.45) is 0 Å². The number of H-pyrrole nitrogens is 1. The first-order valence-electron chi connectivity index (χ1n) is 1.92. The van der Waals surface area contributed by atoms with Gasteiger partial charge in [0.25, 0.3) is 0 Å². The van der Waals surface area contributed by atoms with E-state index in [0.717, 1.165) is 0 Å². The van der Waals surface area contributed by atoms with Crippen molar-refractivity contribution in [1.29, 1.82) is 0 Å². The van der Waals surface area contributed by atoms with Crippen LogP contribution in [0.3, 0.4) is 0 Å². The predicted octanol–water partition coefficient (Wildman–Crippen LogP) is 0.516. The van der Waals surface area contributed by atoms with Crippen LogP contribution < -0.4 is 0 Å². The van der Waals surface area contributed by atoms with Crippen molar-refractivity contribution in [3.05, 3.63) is 18.7 Å². The zero-order valence-electron chi connectivity index (χ0n) is 4.11. The lowest BCUT2D eigenvalue weighted by Gasteiger charge is -1.46. The van der Waals surface area contributed by atoms with Crippen LogP contribution >= 0.6 is 12.6 Å². The van der Waals surface area contributed by atoms with Crippen LogP contribution in [0, 0.1) is 0 Å². The summed E-state index contributed by atoms with van der Waals surface area (Å²) >= 11 is 3.11. The fourth-order valence-corrected chi connectivity index (χ4v) is 0.215. The van der Waals surface area contributed by atoms with E-state index >= 15 is 0 Å². The van der Waals surface area contributed by atoms with Gasteiger partial charge in [0.05, 0.1) is 6.33 Å². The lowest BCUT2D eigenvalue weighted by molar-refractivity contribution is 0.570.